The summed E-state index contributed by atoms with van der Waals surface area (Å²) in [5.41, 5.74) is 3.04. The Kier molecular flexibility index (Phi) is 4.68. The van der Waals surface area contributed by atoms with E-state index in [1.165, 1.54) is 11.3 Å². The summed E-state index contributed by atoms with van der Waals surface area (Å²) in [6, 6.07) is 11.0. The number of benzene rings is 1. The number of aryl methyl sites for hydroxylation is 1. The van der Waals surface area contributed by atoms with Gasteiger partial charge in [-0.1, -0.05) is 18.2 Å². The molecule has 1 N–H and O–H groups in total. The molecule has 0 saturated carbocycles. The van der Waals surface area contributed by atoms with Crippen molar-refractivity contribution in [2.45, 2.75) is 19.9 Å². The zero-order valence-electron chi connectivity index (χ0n) is 14.8. The van der Waals surface area contributed by atoms with Gasteiger partial charge in [-0.2, -0.15) is 0 Å². The summed E-state index contributed by atoms with van der Waals surface area (Å²) in [6.45, 7) is 2.84. The van der Waals surface area contributed by atoms with Gasteiger partial charge in [0.15, 0.2) is 0 Å². The van der Waals surface area contributed by atoms with E-state index in [0.717, 1.165) is 22.7 Å². The van der Waals surface area contributed by atoms with Crippen molar-refractivity contribution in [2.75, 3.05) is 11.4 Å². The summed E-state index contributed by atoms with van der Waals surface area (Å²) in [6.07, 6.45) is 4.10. The van der Waals surface area contributed by atoms with Gasteiger partial charge in [0.25, 0.3) is 11.8 Å². The molecule has 4 rings (SSSR count). The third kappa shape index (κ3) is 3.59. The minimum Gasteiger partial charge on any atom is -0.346 e. The van der Waals surface area contributed by atoms with Crippen molar-refractivity contribution in [1.29, 1.82) is 0 Å². The van der Waals surface area contributed by atoms with Crippen molar-refractivity contribution in [3.05, 3.63) is 75.5 Å². The van der Waals surface area contributed by atoms with Gasteiger partial charge in [0.05, 0.1) is 34.7 Å². The van der Waals surface area contributed by atoms with E-state index in [0.29, 0.717) is 29.2 Å². The highest BCUT2D eigenvalue weighted by atomic mass is 32.1. The monoisotopic (exact) mass is 378 g/mol. The molecule has 2 amide bonds. The molecule has 6 nitrogen and oxygen atoms in total. The van der Waals surface area contributed by atoms with Crippen LogP contribution in [0.4, 0.5) is 5.69 Å². The molecule has 0 unspecified atom stereocenters. The number of rotatable bonds is 4. The molecule has 0 spiro atoms. The first-order valence-electron chi connectivity index (χ1n) is 8.67. The summed E-state index contributed by atoms with van der Waals surface area (Å²) >= 11 is 1.44. The van der Waals surface area contributed by atoms with Crippen molar-refractivity contribution < 1.29 is 9.59 Å². The quantitative estimate of drug-likeness (QED) is 0.757. The van der Waals surface area contributed by atoms with Crippen LogP contribution in [0.5, 0.6) is 0 Å². The van der Waals surface area contributed by atoms with Crippen LogP contribution in [0.25, 0.3) is 0 Å². The number of thiophene rings is 1. The zero-order valence-corrected chi connectivity index (χ0v) is 15.6. The van der Waals surface area contributed by atoms with Crippen LogP contribution in [0.1, 0.15) is 36.3 Å². The number of amides is 2. The lowest BCUT2D eigenvalue weighted by molar-refractivity contribution is 0.0951. The van der Waals surface area contributed by atoms with Crippen molar-refractivity contribution in [1.82, 2.24) is 15.3 Å². The molecule has 1 aliphatic heterocycles. The molecule has 7 heteroatoms. The maximum atomic E-state index is 12.7. The number of hydrogen-bond donors (Lipinski definition) is 1. The molecule has 0 saturated heterocycles. The molecule has 3 heterocycles. The molecule has 0 aliphatic carbocycles. The Morgan fingerprint density at radius 3 is 2.74 bits per heavy atom. The molecule has 0 bridgehead atoms. The van der Waals surface area contributed by atoms with Crippen LogP contribution in [0.15, 0.2) is 48.8 Å². The number of fused-ring (bicyclic) bond motifs is 1. The zero-order chi connectivity index (χ0) is 18.8. The Bertz CT molecular complexity index is 983. The number of nitrogens with one attached hydrogen (secondary N) is 1. The van der Waals surface area contributed by atoms with Crippen molar-refractivity contribution >= 4 is 28.8 Å². The fourth-order valence-electron chi connectivity index (χ4n) is 2.99. The van der Waals surface area contributed by atoms with Gasteiger partial charge in [0.2, 0.25) is 0 Å². The van der Waals surface area contributed by atoms with Gasteiger partial charge in [-0.05, 0) is 25.1 Å². The molecule has 27 heavy (non-hydrogen) atoms. The summed E-state index contributed by atoms with van der Waals surface area (Å²) < 4.78 is 0. The average molecular weight is 378 g/mol. The Hall–Kier alpha value is -3.06. The van der Waals surface area contributed by atoms with E-state index in [1.807, 2.05) is 43.3 Å². The van der Waals surface area contributed by atoms with Gasteiger partial charge in [-0.15, -0.1) is 11.3 Å². The van der Waals surface area contributed by atoms with Gasteiger partial charge in [0, 0.05) is 29.6 Å². The van der Waals surface area contributed by atoms with Crippen LogP contribution < -0.4 is 10.2 Å². The molecule has 0 radical (unpaired) electrons. The van der Waals surface area contributed by atoms with Crippen LogP contribution in [0.2, 0.25) is 0 Å². The maximum absolute atomic E-state index is 12.7. The fraction of sp³-hybridized carbons (Fsp3) is 0.200. The summed E-state index contributed by atoms with van der Waals surface area (Å²) in [4.78, 5) is 37.1. The number of carbonyl (C=O) groups excluding carboxylic acids is 2. The molecular formula is C20H18N4O2S. The molecule has 2 aromatic heterocycles. The van der Waals surface area contributed by atoms with E-state index in [1.54, 1.807) is 17.3 Å². The van der Waals surface area contributed by atoms with E-state index in [-0.39, 0.29) is 11.8 Å². The minimum atomic E-state index is -0.163. The Morgan fingerprint density at radius 1 is 1.19 bits per heavy atom. The van der Waals surface area contributed by atoms with Gasteiger partial charge in [-0.25, -0.2) is 0 Å². The molecular weight excluding hydrogens is 360 g/mol. The second-order valence-corrected chi connectivity index (χ2v) is 7.46. The van der Waals surface area contributed by atoms with Crippen LogP contribution in [-0.4, -0.2) is 28.3 Å². The van der Waals surface area contributed by atoms with E-state index >= 15 is 0 Å². The molecule has 0 atom stereocenters. The third-order valence-electron chi connectivity index (χ3n) is 4.39. The van der Waals surface area contributed by atoms with E-state index in [9.17, 15) is 9.59 Å². The topological polar surface area (TPSA) is 75.2 Å². The number of hydrogen-bond acceptors (Lipinski definition) is 5. The predicted molar refractivity (Wildman–Crippen MR) is 104 cm³/mol. The summed E-state index contributed by atoms with van der Waals surface area (Å²) in [7, 11) is 0. The lowest BCUT2D eigenvalue weighted by Gasteiger charge is -2.16. The van der Waals surface area contributed by atoms with E-state index < -0.39 is 0 Å². The highest BCUT2D eigenvalue weighted by Gasteiger charge is 2.29. The smallest absolute Gasteiger partial charge is 0.261 e. The van der Waals surface area contributed by atoms with Crippen molar-refractivity contribution in [3.63, 3.8) is 0 Å². The average Bonchev–Trinajstić information content (AvgIpc) is 3.28. The Balaban J connectivity index is 1.46. The molecule has 136 valence electrons. The SMILES string of the molecule is Cc1cnc(CNC(=O)c2cc3c(s2)CCN3C(=O)c2ccccc2)cn1. The number of nitrogens with zero attached hydrogens (tertiary/aromatic N) is 3. The second-order valence-electron chi connectivity index (χ2n) is 6.32. The Morgan fingerprint density at radius 2 is 2.00 bits per heavy atom. The normalized spacial score (nSPS) is 12.7. The number of aromatic nitrogens is 2. The third-order valence-corrected chi connectivity index (χ3v) is 5.58. The van der Waals surface area contributed by atoms with Crippen LogP contribution in [0, 0.1) is 6.92 Å². The first-order chi connectivity index (χ1) is 13.1. The minimum absolute atomic E-state index is 0.0333. The van der Waals surface area contributed by atoms with Gasteiger partial charge >= 0.3 is 0 Å². The van der Waals surface area contributed by atoms with E-state index in [4.69, 9.17) is 0 Å². The van der Waals surface area contributed by atoms with Crippen LogP contribution >= 0.6 is 11.3 Å². The van der Waals surface area contributed by atoms with Gasteiger partial charge in [0.1, 0.15) is 0 Å². The van der Waals surface area contributed by atoms with Crippen LogP contribution in [0.3, 0.4) is 0 Å². The molecule has 3 aromatic rings. The standard InChI is InChI=1S/C20H18N4O2S/c1-13-10-22-15(11-21-13)12-23-19(25)18-9-16-17(27-18)7-8-24(16)20(26)14-5-3-2-4-6-14/h2-6,9-11H,7-8,12H2,1H3,(H,23,25). The van der Waals surface area contributed by atoms with Crippen molar-refractivity contribution in [2.24, 2.45) is 0 Å². The molecule has 1 aromatic carbocycles. The van der Waals surface area contributed by atoms with E-state index in [2.05, 4.69) is 15.3 Å². The summed E-state index contributed by atoms with van der Waals surface area (Å²) in [5.74, 6) is -0.196. The first-order valence-corrected chi connectivity index (χ1v) is 9.49. The Labute approximate surface area is 160 Å². The highest BCUT2D eigenvalue weighted by Crippen LogP contribution is 2.36. The number of anilines is 1. The maximum Gasteiger partial charge on any atom is 0.261 e. The lowest BCUT2D eigenvalue weighted by Crippen LogP contribution is -2.29. The van der Waals surface area contributed by atoms with Crippen molar-refractivity contribution in [3.8, 4) is 0 Å². The van der Waals surface area contributed by atoms with Gasteiger partial charge in [-0.3, -0.25) is 19.6 Å². The highest BCUT2D eigenvalue weighted by molar-refractivity contribution is 7.14. The second kappa shape index (κ2) is 7.28. The van der Waals surface area contributed by atoms with Gasteiger partial charge < -0.3 is 10.2 Å². The summed E-state index contributed by atoms with van der Waals surface area (Å²) in [5, 5.41) is 2.86. The van der Waals surface area contributed by atoms with Crippen LogP contribution in [-0.2, 0) is 13.0 Å². The molecule has 1 aliphatic rings. The first kappa shape index (κ1) is 17.4. The predicted octanol–water partition coefficient (Wildman–Crippen LogP) is 2.98. The number of carbonyl (C=O) groups is 2. The fourth-order valence-corrected chi connectivity index (χ4v) is 4.06. The molecule has 0 fully saturated rings. The largest absolute Gasteiger partial charge is 0.346 e. The lowest BCUT2D eigenvalue weighted by atomic mass is 10.2.